The molecular formula is C14H22N4O5. The lowest BCUT2D eigenvalue weighted by atomic mass is 10.1. The summed E-state index contributed by atoms with van der Waals surface area (Å²) in [6.45, 7) is 4.13. The van der Waals surface area contributed by atoms with Gasteiger partial charge in [0, 0.05) is 20.2 Å². The number of carbonyl (C=O) groups is 1. The van der Waals surface area contributed by atoms with Crippen molar-refractivity contribution in [3.63, 3.8) is 0 Å². The van der Waals surface area contributed by atoms with Gasteiger partial charge in [0.25, 0.3) is 5.56 Å². The van der Waals surface area contributed by atoms with Gasteiger partial charge in [-0.1, -0.05) is 0 Å². The van der Waals surface area contributed by atoms with Crippen LogP contribution in [0, 0.1) is 0 Å². The molecule has 1 aliphatic heterocycles. The smallest absolute Gasteiger partial charge is 0.330 e. The monoisotopic (exact) mass is 326 g/mol. The Bertz CT molecular complexity index is 681. The highest BCUT2D eigenvalue weighted by atomic mass is 16.5. The molecule has 0 amide bonds. The Hall–Kier alpha value is -1.97. The van der Waals surface area contributed by atoms with Gasteiger partial charge >= 0.3 is 5.69 Å². The number of nitrogens with two attached hydrogens (primary N) is 1. The average molecular weight is 326 g/mol. The van der Waals surface area contributed by atoms with Crippen LogP contribution < -0.4 is 17.0 Å². The fraction of sp³-hybridized carbons (Fsp3) is 0.643. The van der Waals surface area contributed by atoms with E-state index in [0.717, 1.165) is 4.57 Å². The first-order chi connectivity index (χ1) is 10.9. The third-order valence-corrected chi connectivity index (χ3v) is 3.73. The van der Waals surface area contributed by atoms with Gasteiger partial charge in [-0.3, -0.25) is 24.0 Å². The van der Waals surface area contributed by atoms with Crippen LogP contribution >= 0.6 is 0 Å². The maximum Gasteiger partial charge on any atom is 0.330 e. The van der Waals surface area contributed by atoms with Crippen LogP contribution in [0.2, 0.25) is 0 Å². The summed E-state index contributed by atoms with van der Waals surface area (Å²) in [7, 11) is 1.48. The van der Waals surface area contributed by atoms with Crippen molar-refractivity contribution < 1.29 is 14.3 Å². The number of Topliss-reactive ketones (excluding diaryl/α,β-unsaturated/α-hetero) is 1. The van der Waals surface area contributed by atoms with Crippen molar-refractivity contribution in [2.24, 2.45) is 0 Å². The molecule has 23 heavy (non-hydrogen) atoms. The van der Waals surface area contributed by atoms with Crippen LogP contribution in [0.15, 0.2) is 9.59 Å². The minimum atomic E-state index is -0.757. The van der Waals surface area contributed by atoms with Crippen LogP contribution in [0.25, 0.3) is 0 Å². The van der Waals surface area contributed by atoms with Gasteiger partial charge in [-0.2, -0.15) is 0 Å². The number of rotatable bonds is 6. The molecule has 0 radical (unpaired) electrons. The number of hydrogen-bond acceptors (Lipinski definition) is 7. The third-order valence-electron chi connectivity index (χ3n) is 3.73. The van der Waals surface area contributed by atoms with Gasteiger partial charge in [0.1, 0.15) is 11.4 Å². The van der Waals surface area contributed by atoms with E-state index in [1.807, 2.05) is 11.8 Å². The van der Waals surface area contributed by atoms with Crippen LogP contribution in [0.4, 0.5) is 5.82 Å². The van der Waals surface area contributed by atoms with Gasteiger partial charge in [0.05, 0.1) is 32.4 Å². The minimum Gasteiger partial charge on any atom is -0.384 e. The zero-order valence-corrected chi connectivity index (χ0v) is 13.3. The summed E-state index contributed by atoms with van der Waals surface area (Å²) < 4.78 is 11.5. The van der Waals surface area contributed by atoms with E-state index in [2.05, 4.69) is 4.98 Å². The first kappa shape index (κ1) is 17.4. The quantitative estimate of drug-likeness (QED) is 0.621. The van der Waals surface area contributed by atoms with Crippen LogP contribution in [-0.4, -0.2) is 66.3 Å². The molecule has 1 fully saturated rings. The molecule has 0 aromatic carbocycles. The normalized spacial score (nSPS) is 19.0. The van der Waals surface area contributed by atoms with Crippen molar-refractivity contribution in [1.82, 2.24) is 14.5 Å². The fourth-order valence-corrected chi connectivity index (χ4v) is 2.58. The number of aromatic amines is 1. The Morgan fingerprint density at radius 1 is 1.48 bits per heavy atom. The van der Waals surface area contributed by atoms with Gasteiger partial charge in [-0.15, -0.1) is 0 Å². The van der Waals surface area contributed by atoms with Gasteiger partial charge in [-0.05, 0) is 6.92 Å². The maximum atomic E-state index is 12.5. The summed E-state index contributed by atoms with van der Waals surface area (Å²) in [4.78, 5) is 40.3. The van der Waals surface area contributed by atoms with E-state index in [0.29, 0.717) is 19.7 Å². The first-order valence-corrected chi connectivity index (χ1v) is 7.42. The van der Waals surface area contributed by atoms with E-state index in [1.165, 1.54) is 7.11 Å². The molecule has 0 aliphatic carbocycles. The Morgan fingerprint density at radius 3 is 2.87 bits per heavy atom. The molecule has 1 atom stereocenters. The average Bonchev–Trinajstić information content (AvgIpc) is 2.46. The van der Waals surface area contributed by atoms with Crippen LogP contribution in [0.3, 0.4) is 0 Å². The van der Waals surface area contributed by atoms with Crippen molar-refractivity contribution in [1.29, 1.82) is 0 Å². The Kier molecular flexibility index (Phi) is 5.69. The Balaban J connectivity index is 2.25. The molecule has 9 heteroatoms. The number of ether oxygens (including phenoxy) is 2. The molecule has 0 spiro atoms. The molecule has 1 saturated heterocycles. The van der Waals surface area contributed by atoms with Crippen molar-refractivity contribution >= 4 is 11.6 Å². The summed E-state index contributed by atoms with van der Waals surface area (Å²) in [6.07, 6.45) is 0.0304. The van der Waals surface area contributed by atoms with Gasteiger partial charge in [0.2, 0.25) is 0 Å². The SMILES string of the molecule is COCCn1c(N)c(C(=O)CN2CCOC(C)C2)c(=O)[nH]c1=O. The number of anilines is 1. The zero-order valence-electron chi connectivity index (χ0n) is 13.3. The number of nitrogens with one attached hydrogen (secondary N) is 1. The molecular weight excluding hydrogens is 304 g/mol. The van der Waals surface area contributed by atoms with E-state index in [9.17, 15) is 14.4 Å². The van der Waals surface area contributed by atoms with Crippen LogP contribution in [-0.2, 0) is 16.0 Å². The Morgan fingerprint density at radius 2 is 2.22 bits per heavy atom. The molecule has 1 aromatic rings. The molecule has 128 valence electrons. The molecule has 2 heterocycles. The number of aromatic nitrogens is 2. The van der Waals surface area contributed by atoms with Gasteiger partial charge in [0.15, 0.2) is 5.78 Å². The molecule has 3 N–H and O–H groups in total. The molecule has 0 bridgehead atoms. The van der Waals surface area contributed by atoms with Crippen molar-refractivity contribution in [2.75, 3.05) is 45.7 Å². The lowest BCUT2D eigenvalue weighted by molar-refractivity contribution is -0.0158. The van der Waals surface area contributed by atoms with Gasteiger partial charge in [-0.25, -0.2) is 4.79 Å². The molecule has 9 nitrogen and oxygen atoms in total. The highest BCUT2D eigenvalue weighted by molar-refractivity contribution is 6.01. The summed E-state index contributed by atoms with van der Waals surface area (Å²) in [5, 5.41) is 0. The lowest BCUT2D eigenvalue weighted by Gasteiger charge is -2.30. The van der Waals surface area contributed by atoms with E-state index >= 15 is 0 Å². The molecule has 1 aromatic heterocycles. The number of morpholine rings is 1. The number of methoxy groups -OCH3 is 1. The second kappa shape index (κ2) is 7.53. The van der Waals surface area contributed by atoms with Crippen LogP contribution in [0.1, 0.15) is 17.3 Å². The number of H-pyrrole nitrogens is 1. The van der Waals surface area contributed by atoms with E-state index in [-0.39, 0.29) is 37.2 Å². The Labute approximate surface area is 133 Å². The standard InChI is InChI=1S/C14H22N4O5/c1-9-7-17(3-6-23-9)8-10(19)11-12(15)18(4-5-22-2)14(21)16-13(11)20/h9H,3-8,15H2,1-2H3,(H,16,20,21). The molecule has 0 saturated carbocycles. The molecule has 1 aliphatic rings. The zero-order chi connectivity index (χ0) is 17.0. The number of hydrogen-bond donors (Lipinski definition) is 2. The summed E-state index contributed by atoms with van der Waals surface area (Å²) >= 11 is 0. The van der Waals surface area contributed by atoms with Crippen LogP contribution in [0.5, 0.6) is 0 Å². The largest absolute Gasteiger partial charge is 0.384 e. The third kappa shape index (κ3) is 4.06. The second-order valence-electron chi connectivity index (χ2n) is 5.50. The van der Waals surface area contributed by atoms with E-state index in [4.69, 9.17) is 15.2 Å². The topological polar surface area (TPSA) is 120 Å². The predicted octanol–water partition coefficient (Wildman–Crippen LogP) is -1.33. The first-order valence-electron chi connectivity index (χ1n) is 7.42. The number of nitrogens with zero attached hydrogens (tertiary/aromatic N) is 2. The molecule has 2 rings (SSSR count). The number of nitrogen functional groups attached to an aromatic ring is 1. The van der Waals surface area contributed by atoms with Crippen molar-refractivity contribution in [3.8, 4) is 0 Å². The predicted molar refractivity (Wildman–Crippen MR) is 83.8 cm³/mol. The highest BCUT2D eigenvalue weighted by Gasteiger charge is 2.24. The minimum absolute atomic E-state index is 0.0304. The number of ketones is 1. The van der Waals surface area contributed by atoms with E-state index in [1.54, 1.807) is 0 Å². The highest BCUT2D eigenvalue weighted by Crippen LogP contribution is 2.09. The lowest BCUT2D eigenvalue weighted by Crippen LogP contribution is -2.45. The van der Waals surface area contributed by atoms with E-state index < -0.39 is 17.0 Å². The van der Waals surface area contributed by atoms with Gasteiger partial charge < -0.3 is 15.2 Å². The molecule has 1 unspecified atom stereocenters. The summed E-state index contributed by atoms with van der Waals surface area (Å²) in [5.74, 6) is -0.536. The maximum absolute atomic E-state index is 12.5. The fourth-order valence-electron chi connectivity index (χ4n) is 2.58. The number of carbonyl (C=O) groups excluding carboxylic acids is 1. The summed E-state index contributed by atoms with van der Waals surface area (Å²) in [5.41, 5.74) is 4.29. The second-order valence-corrected chi connectivity index (χ2v) is 5.50. The van der Waals surface area contributed by atoms with Crippen molar-refractivity contribution in [3.05, 3.63) is 26.4 Å². The van der Waals surface area contributed by atoms with Crippen molar-refractivity contribution in [2.45, 2.75) is 19.6 Å². The summed E-state index contributed by atoms with van der Waals surface area (Å²) in [6, 6.07) is 0.